The topological polar surface area (TPSA) is 91.3 Å². The third-order valence-electron chi connectivity index (χ3n) is 9.11. The van der Waals surface area contributed by atoms with E-state index in [1.54, 1.807) is 19.1 Å². The highest BCUT2D eigenvalue weighted by Gasteiger charge is 2.60. The number of fused-ring (bicyclic) bond motifs is 2. The summed E-state index contributed by atoms with van der Waals surface area (Å²) in [6.45, 7) is 10.3. The quantitative estimate of drug-likeness (QED) is 0.360. The van der Waals surface area contributed by atoms with Gasteiger partial charge in [-0.1, -0.05) is 49.8 Å². The van der Waals surface area contributed by atoms with E-state index in [9.17, 15) is 14.7 Å². The molecule has 4 heterocycles. The van der Waals surface area contributed by atoms with Gasteiger partial charge in [-0.15, -0.1) is 0 Å². The van der Waals surface area contributed by atoms with Crippen LogP contribution < -0.4 is 0 Å². The number of carbonyl (C=O) groups is 2. The maximum Gasteiger partial charge on any atom is 0.316 e. The summed E-state index contributed by atoms with van der Waals surface area (Å²) in [5.41, 5.74) is 0.416. The predicted molar refractivity (Wildman–Crippen MR) is 142 cm³/mol. The SMILES string of the molecule is CC1=C[C@H]2C(=O)O[C@H]3C[C@@H](C/C=C(/C)C[C@@H](C)/C=C\C=C4\CO[C@H](C1=O)[C@@]42O)O[C@@]1(CC[C@H](C)[C@@H](C)O1)C3. The molecular weight excluding hydrogens is 484 g/mol. The Kier molecular flexibility index (Phi) is 7.59. The second-order valence-corrected chi connectivity index (χ2v) is 12.2. The number of esters is 1. The molecule has 0 aromatic heterocycles. The molecule has 0 amide bonds. The van der Waals surface area contributed by atoms with E-state index in [2.05, 4.69) is 39.8 Å². The van der Waals surface area contributed by atoms with Crippen molar-refractivity contribution in [2.24, 2.45) is 17.8 Å². The minimum atomic E-state index is -1.78. The van der Waals surface area contributed by atoms with E-state index in [1.807, 2.05) is 6.08 Å². The molecule has 38 heavy (non-hydrogen) atoms. The van der Waals surface area contributed by atoms with Crippen LogP contribution in [-0.2, 0) is 28.5 Å². The van der Waals surface area contributed by atoms with Crippen LogP contribution in [-0.4, -0.2) is 59.3 Å². The highest BCUT2D eigenvalue weighted by molar-refractivity contribution is 6.03. The van der Waals surface area contributed by atoms with Crippen molar-refractivity contribution in [3.05, 3.63) is 47.1 Å². The molecular formula is C31H42O7. The lowest BCUT2D eigenvalue weighted by Crippen LogP contribution is -2.57. The van der Waals surface area contributed by atoms with Crippen LogP contribution in [0.5, 0.6) is 0 Å². The van der Waals surface area contributed by atoms with Gasteiger partial charge >= 0.3 is 5.97 Å². The third-order valence-corrected chi connectivity index (χ3v) is 9.11. The van der Waals surface area contributed by atoms with Crippen LogP contribution >= 0.6 is 0 Å². The summed E-state index contributed by atoms with van der Waals surface area (Å²) in [4.78, 5) is 26.7. The molecule has 7 nitrogen and oxygen atoms in total. The smallest absolute Gasteiger partial charge is 0.316 e. The molecule has 0 aromatic rings. The summed E-state index contributed by atoms with van der Waals surface area (Å²) in [6.07, 6.45) is 12.2. The summed E-state index contributed by atoms with van der Waals surface area (Å²) in [5, 5.41) is 11.9. The molecule has 3 fully saturated rings. The van der Waals surface area contributed by atoms with Crippen molar-refractivity contribution >= 4 is 11.8 Å². The van der Waals surface area contributed by atoms with E-state index >= 15 is 0 Å². The number of Topliss-reactive ketones (excluding diaryl/α,β-unsaturated/α-hetero) is 1. The lowest BCUT2D eigenvalue weighted by molar-refractivity contribution is -0.332. The molecule has 0 aromatic carbocycles. The maximum absolute atomic E-state index is 13.8. The van der Waals surface area contributed by atoms with Crippen molar-refractivity contribution in [3.8, 4) is 0 Å². The van der Waals surface area contributed by atoms with Gasteiger partial charge in [-0.25, -0.2) is 0 Å². The number of carbonyl (C=O) groups excluding carboxylic acids is 2. The molecule has 5 aliphatic rings. The first kappa shape index (κ1) is 27.5. The average Bonchev–Trinajstić information content (AvgIpc) is 3.19. The minimum absolute atomic E-state index is 0.0429. The van der Waals surface area contributed by atoms with E-state index in [1.165, 1.54) is 5.57 Å². The van der Waals surface area contributed by atoms with Crippen molar-refractivity contribution in [3.63, 3.8) is 0 Å². The fourth-order valence-electron chi connectivity index (χ4n) is 6.70. The summed E-state index contributed by atoms with van der Waals surface area (Å²) in [6, 6.07) is 0. The summed E-state index contributed by atoms with van der Waals surface area (Å²) in [7, 11) is 0. The van der Waals surface area contributed by atoms with Gasteiger partial charge in [0.15, 0.2) is 17.7 Å². The fraction of sp³-hybridized carbons (Fsp3) is 0.677. The lowest BCUT2D eigenvalue weighted by Gasteiger charge is -2.49. The zero-order chi connectivity index (χ0) is 27.2. The number of ketones is 1. The molecule has 4 aliphatic heterocycles. The predicted octanol–water partition coefficient (Wildman–Crippen LogP) is 4.74. The number of ether oxygens (including phenoxy) is 4. The zero-order valence-electron chi connectivity index (χ0n) is 23.3. The molecule has 5 rings (SSSR count). The van der Waals surface area contributed by atoms with E-state index in [4.69, 9.17) is 18.9 Å². The van der Waals surface area contributed by atoms with Gasteiger partial charge in [0, 0.05) is 19.3 Å². The van der Waals surface area contributed by atoms with Crippen LogP contribution in [0.3, 0.4) is 0 Å². The Bertz CT molecular complexity index is 1090. The standard InChI is InChI=1S/C31H42O7/c1-18-7-6-8-23-17-35-28-27(32)21(4)14-26(31(23,28)34)29(33)36-25-15-24(10-9-19(2)13-18)38-30(16-25)12-11-20(3)22(5)37-30/h6-9,14,18,20,22,24-26,28,34H,10-13,15-17H2,1-5H3/b7-6-,19-9-,23-8-/t18-,20-,22+,24+,25-,26-,28+,30-,31+/m0/s1. The van der Waals surface area contributed by atoms with E-state index < -0.39 is 35.5 Å². The highest BCUT2D eigenvalue weighted by Crippen LogP contribution is 2.46. The van der Waals surface area contributed by atoms with Gasteiger partial charge in [0.1, 0.15) is 17.6 Å². The molecule has 1 aliphatic carbocycles. The van der Waals surface area contributed by atoms with Gasteiger partial charge in [-0.3, -0.25) is 9.59 Å². The monoisotopic (exact) mass is 526 g/mol. The van der Waals surface area contributed by atoms with Gasteiger partial charge < -0.3 is 24.1 Å². The molecule has 2 bridgehead atoms. The van der Waals surface area contributed by atoms with Crippen molar-refractivity contribution in [1.29, 1.82) is 0 Å². The first-order chi connectivity index (χ1) is 18.0. The Labute approximate surface area is 225 Å². The first-order valence-corrected chi connectivity index (χ1v) is 14.2. The second-order valence-electron chi connectivity index (χ2n) is 12.2. The molecule has 1 spiro atoms. The maximum atomic E-state index is 13.8. The van der Waals surface area contributed by atoms with Crippen LogP contribution in [0, 0.1) is 17.8 Å². The van der Waals surface area contributed by atoms with Crippen molar-refractivity contribution in [2.45, 2.75) is 109 Å². The van der Waals surface area contributed by atoms with Gasteiger partial charge in [0.25, 0.3) is 0 Å². The molecule has 3 saturated heterocycles. The molecule has 0 saturated carbocycles. The van der Waals surface area contributed by atoms with Gasteiger partial charge in [-0.05, 0) is 63.0 Å². The Morgan fingerprint density at radius 3 is 2.63 bits per heavy atom. The van der Waals surface area contributed by atoms with Crippen LogP contribution in [0.2, 0.25) is 0 Å². The molecule has 1 N–H and O–H groups in total. The van der Waals surface area contributed by atoms with E-state index in [0.717, 1.165) is 19.3 Å². The Morgan fingerprint density at radius 2 is 1.87 bits per heavy atom. The highest BCUT2D eigenvalue weighted by atomic mass is 16.7. The number of aliphatic hydroxyl groups is 1. The molecule has 9 atom stereocenters. The Hall–Kier alpha value is -2.06. The molecule has 7 heteroatoms. The van der Waals surface area contributed by atoms with E-state index in [-0.39, 0.29) is 30.5 Å². The van der Waals surface area contributed by atoms with Crippen LogP contribution in [0.1, 0.15) is 73.1 Å². The first-order valence-electron chi connectivity index (χ1n) is 14.2. The normalized spacial score (nSPS) is 47.7. The molecule has 0 unspecified atom stereocenters. The number of hydrogen-bond acceptors (Lipinski definition) is 7. The largest absolute Gasteiger partial charge is 0.462 e. The molecule has 0 radical (unpaired) electrons. The second kappa shape index (κ2) is 10.5. The van der Waals surface area contributed by atoms with Gasteiger partial charge in [-0.2, -0.15) is 0 Å². The summed E-state index contributed by atoms with van der Waals surface area (Å²) in [5.74, 6) is -1.97. The zero-order valence-corrected chi connectivity index (χ0v) is 23.3. The van der Waals surface area contributed by atoms with E-state index in [0.29, 0.717) is 36.3 Å². The number of allylic oxidation sites excluding steroid dienone is 4. The van der Waals surface area contributed by atoms with Crippen molar-refractivity contribution < 1.29 is 33.6 Å². The lowest BCUT2D eigenvalue weighted by atomic mass is 9.71. The molecule has 208 valence electrons. The van der Waals surface area contributed by atoms with Crippen LogP contribution in [0.25, 0.3) is 0 Å². The van der Waals surface area contributed by atoms with Crippen LogP contribution in [0.15, 0.2) is 47.1 Å². The van der Waals surface area contributed by atoms with Crippen molar-refractivity contribution in [1.82, 2.24) is 0 Å². The number of hydrogen-bond donors (Lipinski definition) is 1. The summed E-state index contributed by atoms with van der Waals surface area (Å²) < 4.78 is 25.0. The van der Waals surface area contributed by atoms with Gasteiger partial charge in [0.05, 0.1) is 18.8 Å². The minimum Gasteiger partial charge on any atom is -0.462 e. The number of rotatable bonds is 0. The fourth-order valence-corrected chi connectivity index (χ4v) is 6.70. The Balaban J connectivity index is 1.52. The third kappa shape index (κ3) is 5.10. The average molecular weight is 527 g/mol. The van der Waals surface area contributed by atoms with Crippen LogP contribution in [0.4, 0.5) is 0 Å². The van der Waals surface area contributed by atoms with Crippen molar-refractivity contribution in [2.75, 3.05) is 6.61 Å². The Morgan fingerprint density at radius 1 is 1.08 bits per heavy atom. The van der Waals surface area contributed by atoms with Gasteiger partial charge in [0.2, 0.25) is 0 Å². The summed E-state index contributed by atoms with van der Waals surface area (Å²) >= 11 is 0.